The number of carbonyl (C=O) groups excluding carboxylic acids is 3. The smallest absolute Gasteiger partial charge is 0.206 e. The lowest BCUT2D eigenvalue weighted by molar-refractivity contribution is -0.179. The van der Waals surface area contributed by atoms with Crippen LogP contribution in [0.5, 0.6) is 0 Å². The molecule has 0 aliphatic heterocycles. The topological polar surface area (TPSA) is 132 Å². The van der Waals surface area contributed by atoms with Crippen molar-refractivity contribution < 1.29 is 34.8 Å². The van der Waals surface area contributed by atoms with Gasteiger partial charge in [-0.25, -0.2) is 0 Å². The molecule has 0 spiro atoms. The van der Waals surface area contributed by atoms with Gasteiger partial charge < -0.3 is 20.4 Å². The summed E-state index contributed by atoms with van der Waals surface area (Å²) in [4.78, 5) is 40.1. The van der Waals surface area contributed by atoms with Crippen LogP contribution in [0.4, 0.5) is 0 Å². The van der Waals surface area contributed by atoms with Gasteiger partial charge in [-0.2, -0.15) is 0 Å². The van der Waals surface area contributed by atoms with Crippen molar-refractivity contribution in [2.75, 3.05) is 0 Å². The van der Waals surface area contributed by atoms with E-state index in [1.54, 1.807) is 13.8 Å². The van der Waals surface area contributed by atoms with Crippen LogP contribution in [0.3, 0.4) is 0 Å². The summed E-state index contributed by atoms with van der Waals surface area (Å²) in [5.41, 5.74) is -5.75. The highest BCUT2D eigenvalue weighted by Crippen LogP contribution is 2.73. The summed E-state index contributed by atoms with van der Waals surface area (Å²) in [7, 11) is 0. The van der Waals surface area contributed by atoms with Crippen molar-refractivity contribution in [1.82, 2.24) is 0 Å². The first-order chi connectivity index (χ1) is 16.7. The van der Waals surface area contributed by atoms with E-state index >= 15 is 0 Å². The SMILES string of the molecule is CC(C)(O)C=CC(=O)[C@](C)(O)[C@H]1[C@H](O)C[C@]2(C)[C@@H]3CC=C4[C@@H](C=C(O)C(=O)C4(C)C)[C@]3(C)C(=O)C[C@@]12C. The Morgan fingerprint density at radius 2 is 1.65 bits per heavy atom. The fourth-order valence-electron chi connectivity index (χ4n) is 8.58. The molecular weight excluding hydrogens is 472 g/mol. The van der Waals surface area contributed by atoms with E-state index in [1.165, 1.54) is 32.9 Å². The van der Waals surface area contributed by atoms with Crippen LogP contribution in [-0.2, 0) is 14.4 Å². The minimum absolute atomic E-state index is 0.0453. The molecule has 4 rings (SSSR count). The first kappa shape index (κ1) is 27.9. The Labute approximate surface area is 219 Å². The molecule has 0 amide bonds. The molecule has 0 heterocycles. The van der Waals surface area contributed by atoms with E-state index in [1.807, 2.05) is 26.8 Å². The maximum Gasteiger partial charge on any atom is 0.206 e. The molecule has 0 aromatic heterocycles. The van der Waals surface area contributed by atoms with Gasteiger partial charge >= 0.3 is 0 Å². The fourth-order valence-corrected chi connectivity index (χ4v) is 8.58. The molecule has 4 aliphatic rings. The number of aliphatic hydroxyl groups excluding tert-OH is 2. The van der Waals surface area contributed by atoms with Gasteiger partial charge in [0, 0.05) is 23.7 Å². The van der Waals surface area contributed by atoms with E-state index < -0.39 is 56.6 Å². The molecule has 0 saturated heterocycles. The number of fused-ring (bicyclic) bond motifs is 5. The molecule has 4 N–H and O–H groups in total. The quantitative estimate of drug-likeness (QED) is 0.333. The third-order valence-electron chi connectivity index (χ3n) is 10.8. The summed E-state index contributed by atoms with van der Waals surface area (Å²) < 4.78 is 0. The van der Waals surface area contributed by atoms with Gasteiger partial charge in [-0.15, -0.1) is 0 Å². The first-order valence-electron chi connectivity index (χ1n) is 13.2. The van der Waals surface area contributed by atoms with Crippen molar-refractivity contribution in [3.8, 4) is 0 Å². The fraction of sp³-hybridized carbons (Fsp3) is 0.700. The van der Waals surface area contributed by atoms with Gasteiger partial charge in [0.1, 0.15) is 11.4 Å². The Kier molecular flexibility index (Phi) is 6.01. The van der Waals surface area contributed by atoms with Crippen molar-refractivity contribution in [2.24, 2.45) is 39.4 Å². The Morgan fingerprint density at radius 3 is 2.22 bits per heavy atom. The van der Waals surface area contributed by atoms with Gasteiger partial charge in [-0.1, -0.05) is 38.5 Å². The Balaban J connectivity index is 1.82. The standard InChI is InChI=1S/C30H42O7/c1-25(2,36)12-11-21(33)30(8,37)23-19(32)14-27(5)20-10-9-16-17(13-18(31)24(35)26(16,3)4)29(20,7)22(34)15-28(23,27)6/h9,11-13,17,19-20,23,31-32,36-37H,10,14-15H2,1-8H3/t17-,19-,20+,23+,27-,28+,29+,30+/m1/s1. The van der Waals surface area contributed by atoms with E-state index in [-0.39, 0.29) is 29.7 Å². The largest absolute Gasteiger partial charge is 0.505 e. The number of Topliss-reactive ketones (excluding diaryl/α,β-unsaturated/α-hetero) is 2. The average Bonchev–Trinajstić information content (AvgIpc) is 2.96. The van der Waals surface area contributed by atoms with Crippen LogP contribution in [0.25, 0.3) is 0 Å². The lowest BCUT2D eigenvalue weighted by atomic mass is 9.39. The molecule has 37 heavy (non-hydrogen) atoms. The zero-order chi connectivity index (χ0) is 28.1. The molecule has 0 radical (unpaired) electrons. The second kappa shape index (κ2) is 7.96. The lowest BCUT2D eigenvalue weighted by Crippen LogP contribution is -2.64. The Bertz CT molecular complexity index is 1150. The second-order valence-corrected chi connectivity index (χ2v) is 13.9. The van der Waals surface area contributed by atoms with Gasteiger partial charge in [0.2, 0.25) is 5.78 Å². The molecule has 7 nitrogen and oxygen atoms in total. The average molecular weight is 515 g/mol. The highest BCUT2D eigenvalue weighted by molar-refractivity contribution is 6.02. The number of ketones is 3. The van der Waals surface area contributed by atoms with Crippen molar-refractivity contribution in [1.29, 1.82) is 0 Å². The van der Waals surface area contributed by atoms with Crippen LogP contribution in [0.1, 0.15) is 74.7 Å². The number of rotatable bonds is 4. The minimum atomic E-state index is -1.96. The van der Waals surface area contributed by atoms with E-state index in [0.29, 0.717) is 12.8 Å². The van der Waals surface area contributed by atoms with Gasteiger partial charge in [0.05, 0.1) is 17.1 Å². The van der Waals surface area contributed by atoms with Crippen molar-refractivity contribution in [2.45, 2.75) is 92.0 Å². The molecule has 8 atom stereocenters. The van der Waals surface area contributed by atoms with Crippen LogP contribution in [-0.4, -0.2) is 55.1 Å². The summed E-state index contributed by atoms with van der Waals surface area (Å²) in [6, 6.07) is 0. The van der Waals surface area contributed by atoms with Crippen molar-refractivity contribution >= 4 is 17.3 Å². The Hall–Kier alpha value is -2.09. The highest BCUT2D eigenvalue weighted by atomic mass is 16.3. The van der Waals surface area contributed by atoms with E-state index in [9.17, 15) is 34.8 Å². The molecule has 2 fully saturated rings. The Morgan fingerprint density at radius 1 is 1.05 bits per heavy atom. The molecular formula is C30H42O7. The van der Waals surface area contributed by atoms with E-state index in [4.69, 9.17) is 0 Å². The van der Waals surface area contributed by atoms with Gasteiger partial charge in [-0.3, -0.25) is 14.4 Å². The van der Waals surface area contributed by atoms with Crippen LogP contribution < -0.4 is 0 Å². The monoisotopic (exact) mass is 514 g/mol. The number of hydrogen-bond donors (Lipinski definition) is 4. The molecule has 0 aromatic carbocycles. The third-order valence-corrected chi connectivity index (χ3v) is 10.8. The van der Waals surface area contributed by atoms with Gasteiger partial charge in [0.15, 0.2) is 11.5 Å². The predicted octanol–water partition coefficient (Wildman–Crippen LogP) is 3.62. The normalized spacial score (nSPS) is 42.9. The predicted molar refractivity (Wildman–Crippen MR) is 138 cm³/mol. The van der Waals surface area contributed by atoms with Crippen LogP contribution in [0, 0.1) is 39.4 Å². The van der Waals surface area contributed by atoms with Crippen LogP contribution in [0.15, 0.2) is 35.6 Å². The number of hydrogen-bond acceptors (Lipinski definition) is 7. The molecule has 204 valence electrons. The third kappa shape index (κ3) is 3.60. The zero-order valence-electron chi connectivity index (χ0n) is 23.3. The van der Waals surface area contributed by atoms with Gasteiger partial charge in [-0.05, 0) is 76.4 Å². The van der Waals surface area contributed by atoms with Crippen LogP contribution in [0.2, 0.25) is 0 Å². The molecule has 0 bridgehead atoms. The maximum atomic E-state index is 14.2. The lowest BCUT2D eigenvalue weighted by Gasteiger charge is -2.63. The summed E-state index contributed by atoms with van der Waals surface area (Å²) in [5, 5.41) is 43.6. The van der Waals surface area contributed by atoms with Crippen LogP contribution >= 0.6 is 0 Å². The van der Waals surface area contributed by atoms with E-state index in [2.05, 4.69) is 0 Å². The molecule has 7 heteroatoms. The number of carbonyl (C=O) groups is 3. The van der Waals surface area contributed by atoms with Crippen molar-refractivity contribution in [3.63, 3.8) is 0 Å². The zero-order valence-corrected chi connectivity index (χ0v) is 23.3. The second-order valence-electron chi connectivity index (χ2n) is 13.9. The van der Waals surface area contributed by atoms with E-state index in [0.717, 1.165) is 11.6 Å². The van der Waals surface area contributed by atoms with Crippen molar-refractivity contribution in [3.05, 3.63) is 35.6 Å². The van der Waals surface area contributed by atoms with Gasteiger partial charge in [0.25, 0.3) is 0 Å². The highest BCUT2D eigenvalue weighted by Gasteiger charge is 2.74. The number of aliphatic hydroxyl groups is 4. The first-order valence-corrected chi connectivity index (χ1v) is 13.2. The number of allylic oxidation sites excluding steroid dienone is 4. The molecule has 0 unspecified atom stereocenters. The summed E-state index contributed by atoms with van der Waals surface area (Å²) in [6.45, 7) is 13.8. The maximum absolute atomic E-state index is 14.2. The summed E-state index contributed by atoms with van der Waals surface area (Å²) in [5.74, 6) is -2.98. The molecule has 2 saturated carbocycles. The summed E-state index contributed by atoms with van der Waals surface area (Å²) in [6.07, 6.45) is 5.85. The minimum Gasteiger partial charge on any atom is -0.505 e. The molecule has 4 aliphatic carbocycles. The molecule has 0 aromatic rings. The summed E-state index contributed by atoms with van der Waals surface area (Å²) >= 11 is 0.